The highest BCUT2D eigenvalue weighted by molar-refractivity contribution is 7.89. The molecule has 0 aliphatic rings. The van der Waals surface area contributed by atoms with Crippen LogP contribution in [0.15, 0.2) is 53.4 Å². The van der Waals surface area contributed by atoms with E-state index in [4.69, 9.17) is 11.6 Å². The van der Waals surface area contributed by atoms with Crippen molar-refractivity contribution in [3.63, 3.8) is 0 Å². The van der Waals surface area contributed by atoms with Gasteiger partial charge in [0.25, 0.3) is 0 Å². The number of nitrogens with zero attached hydrogens (tertiary/aromatic N) is 1. The number of nitrogens with one attached hydrogen (secondary N) is 1. The van der Waals surface area contributed by atoms with Crippen LogP contribution in [0.5, 0.6) is 0 Å². The number of amides is 1. The van der Waals surface area contributed by atoms with E-state index < -0.39 is 31.7 Å². The Morgan fingerprint density at radius 2 is 1.79 bits per heavy atom. The van der Waals surface area contributed by atoms with Gasteiger partial charge in [-0.1, -0.05) is 41.9 Å². The van der Waals surface area contributed by atoms with Crippen LogP contribution in [-0.2, 0) is 27.5 Å². The molecule has 0 heterocycles. The molecule has 2 aromatic carbocycles. The van der Waals surface area contributed by atoms with Gasteiger partial charge in [-0.15, -0.1) is 0 Å². The first-order valence-electron chi connectivity index (χ1n) is 8.15. The van der Waals surface area contributed by atoms with E-state index >= 15 is 0 Å². The van der Waals surface area contributed by atoms with Gasteiger partial charge in [0, 0.05) is 26.6 Å². The third kappa shape index (κ3) is 5.95. The molecular formula is C18H18ClF3N2O3S. The molecule has 0 saturated carbocycles. The van der Waals surface area contributed by atoms with Crippen molar-refractivity contribution in [3.8, 4) is 0 Å². The zero-order valence-electron chi connectivity index (χ0n) is 14.8. The average Bonchev–Trinajstić information content (AvgIpc) is 2.61. The largest absolute Gasteiger partial charge is 0.417 e. The van der Waals surface area contributed by atoms with Crippen molar-refractivity contribution in [1.82, 2.24) is 9.62 Å². The molecule has 0 aromatic heterocycles. The summed E-state index contributed by atoms with van der Waals surface area (Å²) in [5.74, 6) is -0.307. The summed E-state index contributed by atoms with van der Waals surface area (Å²) in [6.07, 6.45) is -4.92. The molecule has 0 aliphatic carbocycles. The molecule has 28 heavy (non-hydrogen) atoms. The monoisotopic (exact) mass is 434 g/mol. The van der Waals surface area contributed by atoms with Crippen LogP contribution in [-0.4, -0.2) is 32.8 Å². The number of hydrogen-bond donors (Lipinski definition) is 1. The Balaban J connectivity index is 1.97. The minimum Gasteiger partial charge on any atom is -0.341 e. The van der Waals surface area contributed by atoms with E-state index in [-0.39, 0.29) is 18.9 Å². The van der Waals surface area contributed by atoms with Gasteiger partial charge in [-0.25, -0.2) is 13.1 Å². The molecule has 0 bridgehead atoms. The molecule has 0 fully saturated rings. The van der Waals surface area contributed by atoms with E-state index in [1.807, 2.05) is 30.3 Å². The van der Waals surface area contributed by atoms with Crippen LogP contribution in [0.4, 0.5) is 13.2 Å². The van der Waals surface area contributed by atoms with Gasteiger partial charge in [0.2, 0.25) is 15.9 Å². The van der Waals surface area contributed by atoms with Crippen LogP contribution in [0.3, 0.4) is 0 Å². The van der Waals surface area contributed by atoms with E-state index in [0.717, 1.165) is 17.7 Å². The number of halogens is 4. The van der Waals surface area contributed by atoms with Crippen molar-refractivity contribution in [1.29, 1.82) is 0 Å². The maximum Gasteiger partial charge on any atom is 0.417 e. The van der Waals surface area contributed by atoms with Crippen molar-refractivity contribution >= 4 is 27.5 Å². The van der Waals surface area contributed by atoms with Crippen LogP contribution in [0.1, 0.15) is 17.5 Å². The van der Waals surface area contributed by atoms with Gasteiger partial charge in [0.1, 0.15) is 0 Å². The first-order valence-corrected chi connectivity index (χ1v) is 10.0. The van der Waals surface area contributed by atoms with Crippen molar-refractivity contribution in [3.05, 3.63) is 64.7 Å². The highest BCUT2D eigenvalue weighted by atomic mass is 35.5. The lowest BCUT2D eigenvalue weighted by Gasteiger charge is -2.17. The summed E-state index contributed by atoms with van der Waals surface area (Å²) in [5.41, 5.74) is -0.324. The molecule has 5 nitrogen and oxygen atoms in total. The van der Waals surface area contributed by atoms with Gasteiger partial charge in [0.05, 0.1) is 15.5 Å². The molecule has 152 valence electrons. The van der Waals surface area contributed by atoms with Crippen molar-refractivity contribution in [2.45, 2.75) is 24.0 Å². The molecule has 2 rings (SSSR count). The fourth-order valence-electron chi connectivity index (χ4n) is 2.40. The Hall–Kier alpha value is -2.10. The van der Waals surface area contributed by atoms with E-state index in [1.54, 1.807) is 7.05 Å². The van der Waals surface area contributed by atoms with Crippen LogP contribution >= 0.6 is 11.6 Å². The lowest BCUT2D eigenvalue weighted by molar-refractivity contribution is -0.137. The Morgan fingerprint density at radius 3 is 2.39 bits per heavy atom. The Bertz CT molecular complexity index is 935. The number of rotatable bonds is 7. The van der Waals surface area contributed by atoms with Crippen LogP contribution in [0.25, 0.3) is 0 Å². The zero-order valence-corrected chi connectivity index (χ0v) is 16.4. The second-order valence-corrected chi connectivity index (χ2v) is 8.20. The molecule has 1 amide bonds. The Morgan fingerprint density at radius 1 is 1.14 bits per heavy atom. The number of hydrogen-bond acceptors (Lipinski definition) is 3. The van der Waals surface area contributed by atoms with Crippen molar-refractivity contribution in [2.75, 3.05) is 13.6 Å². The summed E-state index contributed by atoms with van der Waals surface area (Å²) in [7, 11) is -2.64. The SMILES string of the molecule is CN(Cc1ccccc1)C(=O)CCNS(=O)(=O)c1ccc(Cl)c(C(F)(F)F)c1. The summed E-state index contributed by atoms with van der Waals surface area (Å²) >= 11 is 5.49. The third-order valence-electron chi connectivity index (χ3n) is 3.87. The van der Waals surface area contributed by atoms with Gasteiger partial charge in [-0.05, 0) is 23.8 Å². The van der Waals surface area contributed by atoms with E-state index in [1.165, 1.54) is 4.90 Å². The minimum atomic E-state index is -4.78. The molecule has 0 radical (unpaired) electrons. The quantitative estimate of drug-likeness (QED) is 0.722. The summed E-state index contributed by atoms with van der Waals surface area (Å²) in [6.45, 7) is 0.114. The maximum absolute atomic E-state index is 12.9. The molecule has 0 atom stereocenters. The second kappa shape index (κ2) is 8.93. The lowest BCUT2D eigenvalue weighted by atomic mass is 10.2. The summed E-state index contributed by atoms with van der Waals surface area (Å²) < 4.78 is 65.3. The van der Waals surface area contributed by atoms with E-state index in [9.17, 15) is 26.4 Å². The van der Waals surface area contributed by atoms with Gasteiger partial charge < -0.3 is 4.90 Å². The number of sulfonamides is 1. The number of carbonyl (C=O) groups is 1. The zero-order chi connectivity index (χ0) is 20.9. The number of benzene rings is 2. The van der Waals surface area contributed by atoms with Crippen LogP contribution in [0.2, 0.25) is 5.02 Å². The summed E-state index contributed by atoms with van der Waals surface area (Å²) in [4.78, 5) is 13.0. The van der Waals surface area contributed by atoms with E-state index in [0.29, 0.717) is 12.6 Å². The van der Waals surface area contributed by atoms with Gasteiger partial charge >= 0.3 is 6.18 Å². The number of alkyl halides is 3. The molecule has 0 spiro atoms. The van der Waals surface area contributed by atoms with E-state index in [2.05, 4.69) is 4.72 Å². The summed E-state index contributed by atoms with van der Waals surface area (Å²) in [6, 6.07) is 11.5. The topological polar surface area (TPSA) is 66.5 Å². The fourth-order valence-corrected chi connectivity index (χ4v) is 3.68. The predicted octanol–water partition coefficient (Wildman–Crippen LogP) is 3.69. The first kappa shape index (κ1) is 22.2. The molecule has 0 unspecified atom stereocenters. The van der Waals surface area contributed by atoms with Crippen LogP contribution in [0, 0.1) is 0 Å². The Kier molecular flexibility index (Phi) is 7.08. The fraction of sp³-hybridized carbons (Fsp3) is 0.278. The molecule has 0 saturated heterocycles. The standard InChI is InChI=1S/C18H18ClF3N2O3S/c1-24(12-13-5-3-2-4-6-13)17(25)9-10-23-28(26,27)14-7-8-16(19)15(11-14)18(20,21)22/h2-8,11,23H,9-10,12H2,1H3. The minimum absolute atomic E-state index is 0.137. The number of carbonyl (C=O) groups excluding carboxylic acids is 1. The van der Waals surface area contributed by atoms with Crippen molar-refractivity contribution in [2.24, 2.45) is 0 Å². The highest BCUT2D eigenvalue weighted by Crippen LogP contribution is 2.35. The summed E-state index contributed by atoms with van der Waals surface area (Å²) in [5, 5.41) is -0.593. The normalized spacial score (nSPS) is 12.0. The van der Waals surface area contributed by atoms with Gasteiger partial charge in [-0.2, -0.15) is 13.2 Å². The van der Waals surface area contributed by atoms with Crippen molar-refractivity contribution < 1.29 is 26.4 Å². The maximum atomic E-state index is 12.9. The molecule has 0 aliphatic heterocycles. The Labute approximate surface area is 166 Å². The molecule has 1 N–H and O–H groups in total. The predicted molar refractivity (Wildman–Crippen MR) is 99.2 cm³/mol. The van der Waals surface area contributed by atoms with Gasteiger partial charge in [0.15, 0.2) is 0 Å². The second-order valence-electron chi connectivity index (χ2n) is 6.02. The average molecular weight is 435 g/mol. The smallest absolute Gasteiger partial charge is 0.341 e. The molecule has 10 heteroatoms. The third-order valence-corrected chi connectivity index (χ3v) is 5.66. The lowest BCUT2D eigenvalue weighted by Crippen LogP contribution is -2.32. The first-order chi connectivity index (χ1) is 13.0. The molecular weight excluding hydrogens is 417 g/mol. The van der Waals surface area contributed by atoms with Crippen LogP contribution < -0.4 is 4.72 Å². The molecule has 2 aromatic rings. The highest BCUT2D eigenvalue weighted by Gasteiger charge is 2.34. The van der Waals surface area contributed by atoms with Gasteiger partial charge in [-0.3, -0.25) is 4.79 Å².